The minimum atomic E-state index is 0.0143. The summed E-state index contributed by atoms with van der Waals surface area (Å²) in [6.07, 6.45) is 0.310. The van der Waals surface area contributed by atoms with Gasteiger partial charge in [0, 0.05) is 37.1 Å². The van der Waals surface area contributed by atoms with Crippen molar-refractivity contribution < 1.29 is 14.3 Å². The monoisotopic (exact) mass is 417 g/mol. The van der Waals surface area contributed by atoms with Crippen molar-refractivity contribution in [3.05, 3.63) is 46.2 Å². The van der Waals surface area contributed by atoms with E-state index in [-0.39, 0.29) is 18.0 Å². The van der Waals surface area contributed by atoms with E-state index in [4.69, 9.17) is 9.47 Å². The van der Waals surface area contributed by atoms with Gasteiger partial charge in [-0.3, -0.25) is 9.69 Å². The number of carbonyl (C=O) groups excluding carboxylic acids is 1. The zero-order valence-electron chi connectivity index (χ0n) is 17.7. The second-order valence-electron chi connectivity index (χ2n) is 7.52. The fraction of sp³-hybridized carbons (Fsp3) is 0.500. The number of nitrogens with one attached hydrogen (secondary N) is 1. The first-order chi connectivity index (χ1) is 14.0. The molecular formula is C22H31N3O3S. The maximum Gasteiger partial charge on any atom is 0.224 e. The fourth-order valence-electron chi connectivity index (χ4n) is 3.86. The van der Waals surface area contributed by atoms with E-state index < -0.39 is 0 Å². The van der Waals surface area contributed by atoms with Gasteiger partial charge < -0.3 is 19.7 Å². The molecule has 3 rings (SSSR count). The molecule has 0 spiro atoms. The van der Waals surface area contributed by atoms with E-state index in [1.54, 1.807) is 25.6 Å². The fourth-order valence-corrected chi connectivity index (χ4v) is 4.83. The van der Waals surface area contributed by atoms with E-state index in [1.807, 2.05) is 18.2 Å². The number of hydrogen-bond acceptors (Lipinski definition) is 6. The number of carbonyl (C=O) groups is 1. The van der Waals surface area contributed by atoms with Gasteiger partial charge in [-0.25, -0.2) is 0 Å². The van der Waals surface area contributed by atoms with Crippen molar-refractivity contribution in [2.45, 2.75) is 25.4 Å². The lowest BCUT2D eigenvalue weighted by Gasteiger charge is -2.40. The molecule has 2 heterocycles. The quantitative estimate of drug-likeness (QED) is 0.716. The summed E-state index contributed by atoms with van der Waals surface area (Å²) in [5, 5.41) is 5.34. The normalized spacial score (nSPS) is 17.5. The number of piperazine rings is 1. The first-order valence-electron chi connectivity index (χ1n) is 9.98. The van der Waals surface area contributed by atoms with E-state index in [0.717, 1.165) is 31.7 Å². The van der Waals surface area contributed by atoms with Crippen LogP contribution in [0, 0.1) is 0 Å². The van der Waals surface area contributed by atoms with E-state index >= 15 is 0 Å². The Morgan fingerprint density at radius 3 is 2.48 bits per heavy atom. The molecule has 0 unspecified atom stereocenters. The second kappa shape index (κ2) is 10.1. The number of hydrogen-bond donors (Lipinski definition) is 1. The molecule has 1 saturated heterocycles. The Labute approximate surface area is 177 Å². The van der Waals surface area contributed by atoms with Gasteiger partial charge in [-0.05, 0) is 43.1 Å². The summed E-state index contributed by atoms with van der Waals surface area (Å²) in [5.74, 6) is 1.32. The lowest BCUT2D eigenvalue weighted by Crippen LogP contribution is -2.51. The number of benzene rings is 1. The van der Waals surface area contributed by atoms with Gasteiger partial charge in [-0.1, -0.05) is 12.1 Å². The van der Waals surface area contributed by atoms with Crippen LogP contribution in [0.4, 0.5) is 0 Å². The van der Waals surface area contributed by atoms with Crippen LogP contribution in [-0.2, 0) is 11.2 Å². The third-order valence-electron chi connectivity index (χ3n) is 5.44. The van der Waals surface area contributed by atoms with Crippen molar-refractivity contribution in [3.8, 4) is 11.5 Å². The van der Waals surface area contributed by atoms with Gasteiger partial charge in [0.15, 0.2) is 11.5 Å². The van der Waals surface area contributed by atoms with E-state index in [2.05, 4.69) is 46.6 Å². The number of ether oxygens (including phenoxy) is 2. The van der Waals surface area contributed by atoms with Crippen LogP contribution in [0.25, 0.3) is 0 Å². The highest BCUT2D eigenvalue weighted by Crippen LogP contribution is 2.30. The van der Waals surface area contributed by atoms with Gasteiger partial charge in [0.2, 0.25) is 5.91 Å². The minimum Gasteiger partial charge on any atom is -0.493 e. The first kappa shape index (κ1) is 21.6. The maximum absolute atomic E-state index is 12.8. The van der Waals surface area contributed by atoms with E-state index in [1.165, 1.54) is 4.88 Å². The smallest absolute Gasteiger partial charge is 0.224 e. The standard InChI is InChI=1S/C22H31N3O3S/c1-16(22(20-6-5-13-29-20)25-11-9-24(2)10-12-25)23-21(26)15-17-7-8-18(27-3)19(14-17)28-4/h5-8,13-14,16,22H,9-12,15H2,1-4H3,(H,23,26)/t16-,22+/m1/s1. The Balaban J connectivity index is 1.67. The Hall–Kier alpha value is -2.09. The van der Waals surface area contributed by atoms with Gasteiger partial charge in [-0.2, -0.15) is 0 Å². The highest BCUT2D eigenvalue weighted by atomic mass is 32.1. The van der Waals surface area contributed by atoms with Crippen LogP contribution in [0.1, 0.15) is 23.4 Å². The summed E-state index contributed by atoms with van der Waals surface area (Å²) in [7, 11) is 5.37. The largest absolute Gasteiger partial charge is 0.493 e. The van der Waals surface area contributed by atoms with Crippen LogP contribution in [0.15, 0.2) is 35.7 Å². The molecule has 6 nitrogen and oxygen atoms in total. The number of rotatable bonds is 8. The highest BCUT2D eigenvalue weighted by Gasteiger charge is 2.30. The highest BCUT2D eigenvalue weighted by molar-refractivity contribution is 7.10. The Morgan fingerprint density at radius 1 is 1.14 bits per heavy atom. The lowest BCUT2D eigenvalue weighted by atomic mass is 10.0. The Bertz CT molecular complexity index is 789. The summed E-state index contributed by atoms with van der Waals surface area (Å²) < 4.78 is 10.6. The van der Waals surface area contributed by atoms with Crippen molar-refractivity contribution >= 4 is 17.2 Å². The molecule has 1 aromatic carbocycles. The molecule has 29 heavy (non-hydrogen) atoms. The first-order valence-corrected chi connectivity index (χ1v) is 10.9. The van der Waals surface area contributed by atoms with Crippen LogP contribution in [0.2, 0.25) is 0 Å². The van der Waals surface area contributed by atoms with Crippen LogP contribution >= 0.6 is 11.3 Å². The average molecular weight is 418 g/mol. The number of methoxy groups -OCH3 is 2. The molecule has 1 N–H and O–H groups in total. The van der Waals surface area contributed by atoms with Gasteiger partial charge in [0.25, 0.3) is 0 Å². The summed E-state index contributed by atoms with van der Waals surface area (Å²) in [5.41, 5.74) is 0.902. The third-order valence-corrected chi connectivity index (χ3v) is 6.38. The summed E-state index contributed by atoms with van der Waals surface area (Å²) >= 11 is 1.76. The predicted molar refractivity (Wildman–Crippen MR) is 117 cm³/mol. The molecule has 1 fully saturated rings. The Kier molecular flexibility index (Phi) is 7.52. The van der Waals surface area contributed by atoms with Crippen LogP contribution in [-0.4, -0.2) is 69.2 Å². The second-order valence-corrected chi connectivity index (χ2v) is 8.50. The third kappa shape index (κ3) is 5.50. The SMILES string of the molecule is COc1ccc(CC(=O)N[C@H](C)[C@@H](c2cccs2)N2CCN(C)CC2)cc1OC. The molecular weight excluding hydrogens is 386 g/mol. The number of amides is 1. The average Bonchev–Trinajstić information content (AvgIpc) is 3.23. The lowest BCUT2D eigenvalue weighted by molar-refractivity contribution is -0.121. The summed E-state index contributed by atoms with van der Waals surface area (Å²) in [4.78, 5) is 18.9. The van der Waals surface area contributed by atoms with Crippen molar-refractivity contribution in [3.63, 3.8) is 0 Å². The zero-order valence-corrected chi connectivity index (χ0v) is 18.5. The molecule has 158 valence electrons. The van der Waals surface area contributed by atoms with Crippen molar-refractivity contribution in [2.24, 2.45) is 0 Å². The topological polar surface area (TPSA) is 54.0 Å². The molecule has 0 bridgehead atoms. The molecule has 0 saturated carbocycles. The van der Waals surface area contributed by atoms with Gasteiger partial charge >= 0.3 is 0 Å². The van der Waals surface area contributed by atoms with Crippen LogP contribution in [0.5, 0.6) is 11.5 Å². The minimum absolute atomic E-state index is 0.0143. The van der Waals surface area contributed by atoms with Crippen molar-refractivity contribution in [1.29, 1.82) is 0 Å². The predicted octanol–water partition coefficient (Wildman–Crippen LogP) is 2.80. The number of likely N-dealkylation sites (N-methyl/N-ethyl adjacent to an activating group) is 1. The molecule has 1 aliphatic rings. The van der Waals surface area contributed by atoms with Crippen LogP contribution in [0.3, 0.4) is 0 Å². The molecule has 1 amide bonds. The van der Waals surface area contributed by atoms with Gasteiger partial charge in [-0.15, -0.1) is 11.3 Å². The molecule has 2 aromatic rings. The summed E-state index contributed by atoms with van der Waals surface area (Å²) in [6, 6.07) is 10.1. The van der Waals surface area contributed by atoms with Crippen molar-refractivity contribution in [1.82, 2.24) is 15.1 Å². The molecule has 2 atom stereocenters. The number of nitrogens with zero attached hydrogens (tertiary/aromatic N) is 2. The maximum atomic E-state index is 12.8. The van der Waals surface area contributed by atoms with Crippen LogP contribution < -0.4 is 14.8 Å². The van der Waals surface area contributed by atoms with Gasteiger partial charge in [0.05, 0.1) is 26.7 Å². The van der Waals surface area contributed by atoms with Crippen molar-refractivity contribution in [2.75, 3.05) is 47.4 Å². The van der Waals surface area contributed by atoms with E-state index in [0.29, 0.717) is 17.9 Å². The molecule has 1 aliphatic heterocycles. The van der Waals surface area contributed by atoms with E-state index in [9.17, 15) is 4.79 Å². The molecule has 0 aliphatic carbocycles. The molecule has 7 heteroatoms. The Morgan fingerprint density at radius 2 is 1.86 bits per heavy atom. The molecule has 1 aromatic heterocycles. The summed E-state index contributed by atoms with van der Waals surface area (Å²) in [6.45, 7) is 6.22. The zero-order chi connectivity index (χ0) is 20.8. The molecule has 0 radical (unpaired) electrons. The van der Waals surface area contributed by atoms with Gasteiger partial charge in [0.1, 0.15) is 0 Å². The number of thiophene rings is 1.